The molecule has 2 aromatic rings. The van der Waals surface area contributed by atoms with Crippen molar-refractivity contribution in [2.45, 2.75) is 25.7 Å². The Labute approximate surface area is 124 Å². The summed E-state index contributed by atoms with van der Waals surface area (Å²) >= 11 is 0. The Balaban J connectivity index is 1.72. The summed E-state index contributed by atoms with van der Waals surface area (Å²) in [6.45, 7) is 0. The molecule has 21 heavy (non-hydrogen) atoms. The van der Waals surface area contributed by atoms with Crippen LogP contribution >= 0.6 is 0 Å². The number of Topliss-reactive ketones (excluding diaryl/α,β-unsaturated/α-hetero) is 1. The number of ketones is 1. The molecule has 0 saturated heterocycles. The molecule has 1 aliphatic carbocycles. The molecule has 1 aromatic heterocycles. The Morgan fingerprint density at radius 1 is 1.19 bits per heavy atom. The van der Waals surface area contributed by atoms with Gasteiger partial charge in [0.15, 0.2) is 15.6 Å². The number of furan rings is 1. The topological polar surface area (TPSA) is 64.3 Å². The molecule has 0 spiro atoms. The fourth-order valence-electron chi connectivity index (χ4n) is 2.99. The largest absolute Gasteiger partial charge is 0.453 e. The Bertz CT molecular complexity index is 718. The van der Waals surface area contributed by atoms with Gasteiger partial charge in [-0.05, 0) is 30.9 Å². The summed E-state index contributed by atoms with van der Waals surface area (Å²) in [6, 6.07) is 8.88. The van der Waals surface area contributed by atoms with Crippen molar-refractivity contribution in [1.82, 2.24) is 0 Å². The number of carbonyl (C=O) groups is 1. The van der Waals surface area contributed by atoms with Crippen LogP contribution in [0, 0.1) is 5.92 Å². The molecule has 1 fully saturated rings. The van der Waals surface area contributed by atoms with Gasteiger partial charge in [-0.15, -0.1) is 0 Å². The molecule has 0 bridgehead atoms. The van der Waals surface area contributed by atoms with Crippen molar-refractivity contribution in [2.24, 2.45) is 5.92 Å². The SMILES string of the molecule is O=C(CS(=O)(=O)CC1CCCC1)c1cc2ccccc2o1. The van der Waals surface area contributed by atoms with E-state index in [2.05, 4.69) is 0 Å². The van der Waals surface area contributed by atoms with Crippen molar-refractivity contribution >= 4 is 26.6 Å². The number of fused-ring (bicyclic) bond motifs is 1. The Kier molecular flexibility index (Phi) is 3.85. The molecular weight excluding hydrogens is 288 g/mol. The number of rotatable bonds is 5. The van der Waals surface area contributed by atoms with Crippen molar-refractivity contribution in [3.8, 4) is 0 Å². The molecule has 0 N–H and O–H groups in total. The van der Waals surface area contributed by atoms with Crippen LogP contribution < -0.4 is 0 Å². The average Bonchev–Trinajstić information content (AvgIpc) is 3.05. The monoisotopic (exact) mass is 306 g/mol. The fraction of sp³-hybridized carbons (Fsp3) is 0.438. The highest BCUT2D eigenvalue weighted by Gasteiger charge is 2.26. The van der Waals surface area contributed by atoms with Crippen molar-refractivity contribution in [2.75, 3.05) is 11.5 Å². The van der Waals surface area contributed by atoms with E-state index in [9.17, 15) is 13.2 Å². The van der Waals surface area contributed by atoms with Gasteiger partial charge in [0.2, 0.25) is 5.78 Å². The first-order chi connectivity index (χ1) is 10.0. The van der Waals surface area contributed by atoms with E-state index < -0.39 is 21.4 Å². The third-order valence-electron chi connectivity index (χ3n) is 4.02. The molecular formula is C16H18O4S. The van der Waals surface area contributed by atoms with Crippen molar-refractivity contribution in [3.63, 3.8) is 0 Å². The summed E-state index contributed by atoms with van der Waals surface area (Å²) in [5.74, 6) is -0.434. The third kappa shape index (κ3) is 3.35. The number of sulfone groups is 1. The van der Waals surface area contributed by atoms with Gasteiger partial charge in [0.05, 0.1) is 5.75 Å². The molecule has 4 nitrogen and oxygen atoms in total. The van der Waals surface area contributed by atoms with Gasteiger partial charge in [0.1, 0.15) is 11.3 Å². The van der Waals surface area contributed by atoms with E-state index in [1.165, 1.54) is 0 Å². The van der Waals surface area contributed by atoms with Gasteiger partial charge in [-0.3, -0.25) is 4.79 Å². The minimum atomic E-state index is -3.36. The van der Waals surface area contributed by atoms with Gasteiger partial charge in [-0.1, -0.05) is 31.0 Å². The summed E-state index contributed by atoms with van der Waals surface area (Å²) in [5, 5.41) is 0.814. The maximum atomic E-state index is 12.1. The molecule has 0 atom stereocenters. The van der Waals surface area contributed by atoms with E-state index in [0.29, 0.717) is 5.58 Å². The highest BCUT2D eigenvalue weighted by Crippen LogP contribution is 2.26. The van der Waals surface area contributed by atoms with Crippen LogP contribution in [0.25, 0.3) is 11.0 Å². The van der Waals surface area contributed by atoms with Gasteiger partial charge in [-0.25, -0.2) is 8.42 Å². The Morgan fingerprint density at radius 3 is 2.62 bits per heavy atom. The maximum absolute atomic E-state index is 12.1. The number of carbonyl (C=O) groups excluding carboxylic acids is 1. The van der Waals surface area contributed by atoms with E-state index in [0.717, 1.165) is 31.1 Å². The minimum absolute atomic E-state index is 0.124. The lowest BCUT2D eigenvalue weighted by Crippen LogP contribution is -2.22. The molecule has 112 valence electrons. The molecule has 5 heteroatoms. The van der Waals surface area contributed by atoms with Crippen molar-refractivity contribution in [1.29, 1.82) is 0 Å². The van der Waals surface area contributed by atoms with Crippen LogP contribution in [0.1, 0.15) is 36.2 Å². The molecule has 0 aliphatic heterocycles. The van der Waals surface area contributed by atoms with Crippen LogP contribution in [0.4, 0.5) is 0 Å². The van der Waals surface area contributed by atoms with E-state index in [4.69, 9.17) is 4.42 Å². The normalized spacial score (nSPS) is 16.6. The second-order valence-corrected chi connectivity index (χ2v) is 7.89. The highest BCUT2D eigenvalue weighted by atomic mass is 32.2. The zero-order valence-electron chi connectivity index (χ0n) is 11.7. The lowest BCUT2D eigenvalue weighted by molar-refractivity contribution is 0.0992. The first-order valence-electron chi connectivity index (χ1n) is 7.26. The Morgan fingerprint density at radius 2 is 1.90 bits per heavy atom. The number of hydrogen-bond donors (Lipinski definition) is 0. The lowest BCUT2D eigenvalue weighted by atomic mass is 10.1. The molecule has 1 aromatic carbocycles. The summed E-state index contributed by atoms with van der Waals surface area (Å²) in [7, 11) is -3.36. The van der Waals surface area contributed by atoms with Gasteiger partial charge in [-0.2, -0.15) is 0 Å². The highest BCUT2D eigenvalue weighted by molar-refractivity contribution is 7.92. The molecule has 3 rings (SSSR count). The van der Waals surface area contributed by atoms with E-state index in [1.807, 2.05) is 18.2 Å². The maximum Gasteiger partial charge on any atom is 0.213 e. The van der Waals surface area contributed by atoms with Crippen LogP contribution in [0.15, 0.2) is 34.7 Å². The number of benzene rings is 1. The molecule has 1 heterocycles. The zero-order chi connectivity index (χ0) is 14.9. The van der Waals surface area contributed by atoms with Crippen molar-refractivity contribution < 1.29 is 17.6 Å². The number of hydrogen-bond acceptors (Lipinski definition) is 4. The fourth-order valence-corrected chi connectivity index (χ4v) is 4.70. The summed E-state index contributed by atoms with van der Waals surface area (Å²) < 4.78 is 29.7. The van der Waals surface area contributed by atoms with Gasteiger partial charge in [0, 0.05) is 5.39 Å². The summed E-state index contributed by atoms with van der Waals surface area (Å²) in [6.07, 6.45) is 4.10. The van der Waals surface area contributed by atoms with Crippen LogP contribution in [0.2, 0.25) is 0 Å². The molecule has 1 aliphatic rings. The second-order valence-electron chi connectivity index (χ2n) is 5.78. The first-order valence-corrected chi connectivity index (χ1v) is 9.08. The van der Waals surface area contributed by atoms with E-state index in [1.54, 1.807) is 12.1 Å². The summed E-state index contributed by atoms with van der Waals surface area (Å²) in [5.41, 5.74) is 0.606. The smallest absolute Gasteiger partial charge is 0.213 e. The molecule has 1 saturated carbocycles. The molecule has 0 unspecified atom stereocenters. The Hall–Kier alpha value is -1.62. The van der Waals surface area contributed by atoms with Crippen molar-refractivity contribution in [3.05, 3.63) is 36.1 Å². The average molecular weight is 306 g/mol. The zero-order valence-corrected chi connectivity index (χ0v) is 12.6. The van der Waals surface area contributed by atoms with E-state index in [-0.39, 0.29) is 17.4 Å². The van der Waals surface area contributed by atoms with E-state index >= 15 is 0 Å². The lowest BCUT2D eigenvalue weighted by Gasteiger charge is -2.08. The molecule has 0 radical (unpaired) electrons. The van der Waals surface area contributed by atoms with Crippen LogP contribution in [0.3, 0.4) is 0 Å². The van der Waals surface area contributed by atoms with Gasteiger partial charge >= 0.3 is 0 Å². The first kappa shape index (κ1) is 14.3. The predicted octanol–water partition coefficient (Wildman–Crippen LogP) is 3.22. The quantitative estimate of drug-likeness (QED) is 0.796. The van der Waals surface area contributed by atoms with Crippen LogP contribution in [-0.4, -0.2) is 25.7 Å². The van der Waals surface area contributed by atoms with Crippen LogP contribution in [-0.2, 0) is 9.84 Å². The summed E-state index contributed by atoms with van der Waals surface area (Å²) in [4.78, 5) is 12.1. The third-order valence-corrected chi connectivity index (χ3v) is 5.70. The second kappa shape index (κ2) is 5.64. The molecule has 0 amide bonds. The number of para-hydroxylation sites is 1. The van der Waals surface area contributed by atoms with Gasteiger partial charge in [0.25, 0.3) is 0 Å². The standard InChI is InChI=1S/C16H18O4S/c17-14(11-21(18,19)10-12-5-1-2-6-12)16-9-13-7-3-4-8-15(13)20-16/h3-4,7-9,12H,1-2,5-6,10-11H2. The van der Waals surface area contributed by atoms with Gasteiger partial charge < -0.3 is 4.42 Å². The predicted molar refractivity (Wildman–Crippen MR) is 81.2 cm³/mol. The van der Waals surface area contributed by atoms with Crippen LogP contribution in [0.5, 0.6) is 0 Å². The minimum Gasteiger partial charge on any atom is -0.453 e.